The number of pyridine rings is 6. The predicted molar refractivity (Wildman–Crippen MR) is 505 cm³/mol. The Balaban J connectivity index is 0.0000000957. The third-order valence-corrected chi connectivity index (χ3v) is 34.7. The molecule has 18 heterocycles. The summed E-state index contributed by atoms with van der Waals surface area (Å²) in [6, 6.07) is 52.0. The Morgan fingerprint density at radius 1 is 0.288 bits per heavy atom. The SMILES string of the molecule is CN1Cc2cc(-c3cccnc3)cc3c2N(CC3)S1(=O)=O.CN1Cc2cc(-c3cncc(F)c3)cc3c2N(CC3)S1(=O)=O.CN1Cc2cc(-c3cncc4ccccc34)cc3c2N(CC3)S1(=O)=O.O=C1CCc2cc(-c3cccnc3)cc3c2N1CC3.O=S1(=O)NCc2cc(-c3cncc(F)c3)cc3c2N1CC3.O=S1(=O)NCc2cc(-c3cncc4ccccc34)cc3c2N1CC3. The van der Waals surface area contributed by atoms with E-state index < -0.39 is 51.0 Å². The highest BCUT2D eigenvalue weighted by molar-refractivity contribution is 7.92. The van der Waals surface area contributed by atoms with E-state index in [-0.39, 0.29) is 24.1 Å². The molecule has 28 nitrogen and oxygen atoms in total. The molecule has 0 bridgehead atoms. The van der Waals surface area contributed by atoms with E-state index in [9.17, 15) is 55.7 Å². The quantitative estimate of drug-likeness (QED) is 0.156. The maximum absolute atomic E-state index is 13.4. The molecule has 132 heavy (non-hydrogen) atoms. The van der Waals surface area contributed by atoms with Gasteiger partial charge in [0.1, 0.15) is 11.6 Å². The highest BCUT2D eigenvalue weighted by Gasteiger charge is 2.44. The number of fused-ring (bicyclic) bond motifs is 2. The molecule has 0 spiro atoms. The number of benzene rings is 8. The third kappa shape index (κ3) is 15.4. The van der Waals surface area contributed by atoms with Crippen molar-refractivity contribution in [3.05, 3.63) is 310 Å². The van der Waals surface area contributed by atoms with Crippen molar-refractivity contribution in [3.63, 3.8) is 0 Å². The fourth-order valence-corrected chi connectivity index (χ4v) is 27.0. The van der Waals surface area contributed by atoms with E-state index in [1.165, 1.54) is 70.8 Å². The number of nitrogens with zero attached hydrogens (tertiary/aromatic N) is 15. The van der Waals surface area contributed by atoms with Crippen molar-refractivity contribution in [1.82, 2.24) is 52.3 Å². The molecule has 12 aliphatic rings. The summed E-state index contributed by atoms with van der Waals surface area (Å²) in [5.41, 5.74) is 30.4. The maximum Gasteiger partial charge on any atom is 0.304 e. The Morgan fingerprint density at radius 2 is 0.606 bits per heavy atom. The van der Waals surface area contributed by atoms with Crippen molar-refractivity contribution >= 4 is 113 Å². The first-order chi connectivity index (χ1) is 63.6. The van der Waals surface area contributed by atoms with Crippen LogP contribution in [0.1, 0.15) is 73.2 Å². The lowest BCUT2D eigenvalue weighted by atomic mass is 9.94. The van der Waals surface area contributed by atoms with Crippen LogP contribution in [0, 0.1) is 11.6 Å². The number of nitrogens with one attached hydrogen (secondary N) is 2. The molecule has 670 valence electrons. The van der Waals surface area contributed by atoms with Crippen LogP contribution in [0.4, 0.5) is 42.9 Å². The number of halogens is 2. The molecule has 0 aliphatic carbocycles. The normalized spacial score (nSPS) is 18.4. The third-order valence-electron chi connectivity index (χ3n) is 26.2. The molecule has 1 amide bonds. The summed E-state index contributed by atoms with van der Waals surface area (Å²) in [6.07, 6.45) is 26.4. The first-order valence-corrected chi connectivity index (χ1v) is 50.4. The molecule has 6 aromatic heterocycles. The van der Waals surface area contributed by atoms with Crippen LogP contribution >= 0.6 is 0 Å². The van der Waals surface area contributed by atoms with Gasteiger partial charge in [0, 0.05) is 206 Å². The van der Waals surface area contributed by atoms with Crippen LogP contribution in [-0.4, -0.2) is 151 Å². The molecule has 8 aromatic carbocycles. The van der Waals surface area contributed by atoms with Crippen molar-refractivity contribution in [2.24, 2.45) is 0 Å². The molecule has 14 aromatic rings. The van der Waals surface area contributed by atoms with Gasteiger partial charge in [-0.2, -0.15) is 64.4 Å². The average molecular weight is 1870 g/mol. The largest absolute Gasteiger partial charge is 0.312 e. The van der Waals surface area contributed by atoms with E-state index in [4.69, 9.17) is 0 Å². The van der Waals surface area contributed by atoms with E-state index >= 15 is 0 Å². The zero-order valence-electron chi connectivity index (χ0n) is 71.9. The van der Waals surface area contributed by atoms with Crippen molar-refractivity contribution < 1.29 is 55.7 Å². The van der Waals surface area contributed by atoms with E-state index in [2.05, 4.69) is 118 Å². The van der Waals surface area contributed by atoms with Crippen LogP contribution in [0.5, 0.6) is 0 Å². The monoisotopic (exact) mass is 1860 g/mol. The van der Waals surface area contributed by atoms with Gasteiger partial charge in [-0.3, -0.25) is 56.2 Å². The Bertz CT molecular complexity index is 7760. The van der Waals surface area contributed by atoms with Crippen molar-refractivity contribution in [1.29, 1.82) is 0 Å². The van der Waals surface area contributed by atoms with Gasteiger partial charge in [-0.05, 0) is 253 Å². The van der Waals surface area contributed by atoms with Crippen LogP contribution in [0.3, 0.4) is 0 Å². The molecule has 26 rings (SSSR count). The van der Waals surface area contributed by atoms with Gasteiger partial charge in [0.25, 0.3) is 0 Å². The summed E-state index contributed by atoms with van der Waals surface area (Å²) >= 11 is 0. The van der Waals surface area contributed by atoms with Crippen molar-refractivity contribution in [2.75, 3.05) is 86.8 Å². The van der Waals surface area contributed by atoms with Crippen molar-refractivity contribution in [3.8, 4) is 66.8 Å². The van der Waals surface area contributed by atoms with E-state index in [1.807, 2.05) is 109 Å². The summed E-state index contributed by atoms with van der Waals surface area (Å²) in [4.78, 5) is 38.7. The molecule has 0 saturated carbocycles. The second-order valence-corrected chi connectivity index (χ2v) is 43.5. The molecule has 0 fully saturated rings. The van der Waals surface area contributed by atoms with Crippen molar-refractivity contribution in [2.45, 2.75) is 84.1 Å². The Labute approximate surface area is 763 Å². The van der Waals surface area contributed by atoms with Gasteiger partial charge >= 0.3 is 51.0 Å². The van der Waals surface area contributed by atoms with Gasteiger partial charge in [-0.1, -0.05) is 60.7 Å². The number of anilines is 6. The summed E-state index contributed by atoms with van der Waals surface area (Å²) in [5, 5.41) is 4.53. The number of aryl methyl sites for hydroxylation is 1. The van der Waals surface area contributed by atoms with Crippen LogP contribution in [0.2, 0.25) is 0 Å². The minimum absolute atomic E-state index is 0.262. The van der Waals surface area contributed by atoms with E-state index in [0.29, 0.717) is 89.3 Å². The average Bonchev–Trinajstić information content (AvgIpc) is 1.60. The zero-order valence-corrected chi connectivity index (χ0v) is 76.0. The van der Waals surface area contributed by atoms with E-state index in [0.717, 1.165) is 201 Å². The topological polar surface area (TPSA) is 318 Å². The van der Waals surface area contributed by atoms with Gasteiger partial charge in [0.15, 0.2) is 0 Å². The maximum atomic E-state index is 13.4. The number of rotatable bonds is 6. The Morgan fingerprint density at radius 3 is 1.01 bits per heavy atom. The van der Waals surface area contributed by atoms with Crippen LogP contribution in [-0.2, 0) is 134 Å². The molecule has 0 saturated heterocycles. The molecule has 0 radical (unpaired) electrons. The second kappa shape index (κ2) is 33.4. The molecule has 12 aliphatic heterocycles. The van der Waals surface area contributed by atoms with Crippen LogP contribution < -0.4 is 35.9 Å². The lowest BCUT2D eigenvalue weighted by molar-refractivity contribution is -0.118. The minimum Gasteiger partial charge on any atom is -0.312 e. The lowest BCUT2D eigenvalue weighted by Gasteiger charge is -2.33. The zero-order chi connectivity index (χ0) is 91.0. The number of carbonyl (C=O) groups excluding carboxylic acids is 1. The summed E-state index contributed by atoms with van der Waals surface area (Å²) in [7, 11) is -12.0. The number of hydrogen-bond acceptors (Lipinski definition) is 17. The number of aromatic nitrogens is 6. The molecule has 2 N–H and O–H groups in total. The summed E-state index contributed by atoms with van der Waals surface area (Å²) < 4.78 is 166. The Hall–Kier alpha value is -12.9. The van der Waals surface area contributed by atoms with Gasteiger partial charge in [0.2, 0.25) is 5.91 Å². The smallest absolute Gasteiger partial charge is 0.304 e. The first-order valence-electron chi connectivity index (χ1n) is 43.3. The highest BCUT2D eigenvalue weighted by atomic mass is 32.2. The van der Waals surface area contributed by atoms with Gasteiger partial charge < -0.3 is 4.90 Å². The van der Waals surface area contributed by atoms with Gasteiger partial charge in [-0.25, -0.2) is 8.78 Å². The van der Waals surface area contributed by atoms with Gasteiger partial charge in [-0.15, -0.1) is 0 Å². The number of hydrogen-bond donors (Lipinski definition) is 2. The molecular formula is C97H87F2N17O11S5. The van der Waals surface area contributed by atoms with Crippen LogP contribution in [0.25, 0.3) is 88.3 Å². The highest BCUT2D eigenvalue weighted by Crippen LogP contribution is 2.49. The Kier molecular flexibility index (Phi) is 21.7. The summed E-state index contributed by atoms with van der Waals surface area (Å²) in [6.45, 7) is 5.08. The molecular weight excluding hydrogens is 1780 g/mol. The fraction of sp³-hybridized carbons (Fsp3) is 0.227. The fourth-order valence-electron chi connectivity index (χ4n) is 20.1. The number of carbonyl (C=O) groups is 1. The molecule has 0 unspecified atom stereocenters. The minimum atomic E-state index is -3.41. The first kappa shape index (κ1) is 85.8. The standard InChI is InChI=1S/C19H17N3O2S.C18H15N3O2S.C16H14N2O.C15H14FN3O2S.C15H15N3O2S.C14H12FN3O2S/c1-21-12-16-9-15(8-13-6-7-22(19(13)16)25(21,23)24)18-11-20-10-14-4-2-3-5-17(14)18;22-24(23)20-10-15-8-14(7-12-5-6-21(24)18(12)15)17-11-19-9-13-3-1-2-4-16(13)17;19-15-4-3-11-8-14(13-2-1-6-17-10-13)9-12-5-7-18(15)16(11)12;1-18-9-13-5-11(12-6-14(16)8-17-7-12)4-10-2-3-19(15(10)13)22(18,20)21;1-17-10-14-8-13(12-3-2-5-16-9-12)7-11-4-6-18(15(11)14)21(17,19)20;15-13-5-11(6-16-8-13)10-3-9-1-2-18-14(9)12(4-10)7-17-21(18,19)20/h2-5,8-11H,6-7,12H2,1H3;1-4,7-9,11,20H,5-6,10H2;1-2,6,8-10H,3-5,7H2;4-8H,2-3,9H2,1H3;2-3,5,7-9H,4,6,10H2,1H3;3-6,8,17H,1-2,7H2. The number of amides is 1. The molecule has 0 atom stereocenters. The second-order valence-electron chi connectivity index (χ2n) is 34.3. The molecule has 35 heteroatoms. The lowest BCUT2D eigenvalue weighted by Crippen LogP contribution is -2.44. The van der Waals surface area contributed by atoms with E-state index in [1.54, 1.807) is 50.2 Å². The van der Waals surface area contributed by atoms with Gasteiger partial charge in [0.05, 0.1) is 46.5 Å². The summed E-state index contributed by atoms with van der Waals surface area (Å²) in [5.74, 6) is -0.489. The predicted octanol–water partition coefficient (Wildman–Crippen LogP) is 13.5. The van der Waals surface area contributed by atoms with Crippen LogP contribution in [0.15, 0.2) is 232 Å².